The van der Waals surface area contributed by atoms with Crippen LogP contribution < -0.4 is 5.73 Å². The molecular weight excluding hydrogens is 373 g/mol. The first-order valence-corrected chi connectivity index (χ1v) is 9.37. The van der Waals surface area contributed by atoms with Gasteiger partial charge in [-0.1, -0.05) is 0 Å². The van der Waals surface area contributed by atoms with Crippen LogP contribution >= 0.6 is 0 Å². The molecule has 1 fully saturated rings. The summed E-state index contributed by atoms with van der Waals surface area (Å²) in [5.74, 6) is -0.781. The zero-order valence-corrected chi connectivity index (χ0v) is 15.7. The van der Waals surface area contributed by atoms with Crippen LogP contribution in [-0.2, 0) is 0 Å². The van der Waals surface area contributed by atoms with E-state index in [-0.39, 0.29) is 29.2 Å². The molecule has 8 heteroatoms. The van der Waals surface area contributed by atoms with Crippen molar-refractivity contribution >= 4 is 17.5 Å². The summed E-state index contributed by atoms with van der Waals surface area (Å²) in [4.78, 5) is 31.4. The molecule has 3 heterocycles. The predicted molar refractivity (Wildman–Crippen MR) is 105 cm³/mol. The van der Waals surface area contributed by atoms with Gasteiger partial charge in [0.05, 0.1) is 23.0 Å². The van der Waals surface area contributed by atoms with E-state index in [2.05, 4.69) is 10.1 Å². The SMILES string of the molecule is Nc1c(C(=O)[C@H]2CCCN(C(=O)c3cccnc3)C2)cnn1-c1ccc(F)cc1. The van der Waals surface area contributed by atoms with E-state index in [0.717, 1.165) is 6.42 Å². The highest BCUT2D eigenvalue weighted by atomic mass is 19.1. The van der Waals surface area contributed by atoms with Crippen molar-refractivity contribution < 1.29 is 14.0 Å². The number of anilines is 1. The second-order valence-corrected chi connectivity index (χ2v) is 7.03. The number of carbonyl (C=O) groups is 2. The molecule has 148 valence electrons. The molecule has 29 heavy (non-hydrogen) atoms. The van der Waals surface area contributed by atoms with E-state index in [1.54, 1.807) is 35.4 Å². The highest BCUT2D eigenvalue weighted by Crippen LogP contribution is 2.26. The molecule has 1 saturated heterocycles. The van der Waals surface area contributed by atoms with Gasteiger partial charge >= 0.3 is 0 Å². The Kier molecular flexibility index (Phi) is 5.07. The summed E-state index contributed by atoms with van der Waals surface area (Å²) in [7, 11) is 0. The van der Waals surface area contributed by atoms with Gasteiger partial charge in [-0.25, -0.2) is 9.07 Å². The van der Waals surface area contributed by atoms with E-state index in [1.807, 2.05) is 0 Å². The summed E-state index contributed by atoms with van der Waals surface area (Å²) in [5.41, 5.74) is 7.55. The van der Waals surface area contributed by atoms with Gasteiger partial charge in [-0.3, -0.25) is 14.6 Å². The number of hydrogen-bond acceptors (Lipinski definition) is 5. The fraction of sp³-hybridized carbons (Fsp3) is 0.238. The second kappa shape index (κ2) is 7.83. The van der Waals surface area contributed by atoms with E-state index in [0.29, 0.717) is 36.3 Å². The van der Waals surface area contributed by atoms with Crippen LogP contribution in [0.3, 0.4) is 0 Å². The quantitative estimate of drug-likeness (QED) is 0.688. The van der Waals surface area contributed by atoms with Gasteiger partial charge in [-0.15, -0.1) is 0 Å². The van der Waals surface area contributed by atoms with Gasteiger partial charge in [0, 0.05) is 31.4 Å². The fourth-order valence-electron chi connectivity index (χ4n) is 3.60. The average molecular weight is 393 g/mol. The number of nitrogens with two attached hydrogens (primary N) is 1. The first-order chi connectivity index (χ1) is 14.0. The summed E-state index contributed by atoms with van der Waals surface area (Å²) in [6.07, 6.45) is 5.98. The third-order valence-electron chi connectivity index (χ3n) is 5.13. The smallest absolute Gasteiger partial charge is 0.255 e. The molecule has 1 amide bonds. The number of rotatable bonds is 4. The van der Waals surface area contributed by atoms with Crippen LogP contribution in [0, 0.1) is 11.7 Å². The average Bonchev–Trinajstić information content (AvgIpc) is 3.15. The third kappa shape index (κ3) is 3.73. The van der Waals surface area contributed by atoms with Crippen molar-refractivity contribution in [3.63, 3.8) is 0 Å². The molecule has 1 aliphatic heterocycles. The van der Waals surface area contributed by atoms with Crippen LogP contribution in [0.4, 0.5) is 10.2 Å². The van der Waals surface area contributed by atoms with Gasteiger partial charge in [-0.2, -0.15) is 5.10 Å². The highest BCUT2D eigenvalue weighted by Gasteiger charge is 2.31. The third-order valence-corrected chi connectivity index (χ3v) is 5.13. The number of piperidine rings is 1. The van der Waals surface area contributed by atoms with Crippen molar-refractivity contribution in [1.82, 2.24) is 19.7 Å². The number of nitrogen functional groups attached to an aromatic ring is 1. The van der Waals surface area contributed by atoms with Gasteiger partial charge < -0.3 is 10.6 Å². The molecule has 2 N–H and O–H groups in total. The molecule has 1 aromatic carbocycles. The van der Waals surface area contributed by atoms with Gasteiger partial charge in [0.2, 0.25) is 0 Å². The largest absolute Gasteiger partial charge is 0.383 e. The van der Waals surface area contributed by atoms with Crippen molar-refractivity contribution in [3.8, 4) is 5.69 Å². The topological polar surface area (TPSA) is 94.1 Å². The number of carbonyl (C=O) groups excluding carboxylic acids is 2. The summed E-state index contributed by atoms with van der Waals surface area (Å²) in [6, 6.07) is 9.13. The summed E-state index contributed by atoms with van der Waals surface area (Å²) < 4.78 is 14.6. The molecule has 0 radical (unpaired) electrons. The number of pyridine rings is 1. The lowest BCUT2D eigenvalue weighted by Crippen LogP contribution is -2.42. The molecule has 0 spiro atoms. The summed E-state index contributed by atoms with van der Waals surface area (Å²) in [6.45, 7) is 0.926. The van der Waals surface area contributed by atoms with E-state index in [9.17, 15) is 14.0 Å². The molecule has 4 rings (SSSR count). The number of aromatic nitrogens is 3. The zero-order chi connectivity index (χ0) is 20.4. The van der Waals surface area contributed by atoms with Crippen LogP contribution in [0.15, 0.2) is 55.0 Å². The fourth-order valence-corrected chi connectivity index (χ4v) is 3.60. The number of ketones is 1. The second-order valence-electron chi connectivity index (χ2n) is 7.03. The Morgan fingerprint density at radius 2 is 1.93 bits per heavy atom. The maximum absolute atomic E-state index is 13.2. The van der Waals surface area contributed by atoms with E-state index in [4.69, 9.17) is 5.73 Å². The maximum atomic E-state index is 13.2. The van der Waals surface area contributed by atoms with Gasteiger partial charge in [-0.05, 0) is 49.2 Å². The molecule has 0 saturated carbocycles. The standard InChI is InChI=1S/C21H20FN5O2/c22-16-5-7-17(8-6-16)27-20(23)18(12-25-27)19(28)15-4-2-10-26(13-15)21(29)14-3-1-9-24-11-14/h1,3,5-9,11-12,15H,2,4,10,13,23H2/t15-/m0/s1. The number of likely N-dealkylation sites (tertiary alicyclic amines) is 1. The van der Waals surface area contributed by atoms with Crippen LogP contribution in [0.25, 0.3) is 5.69 Å². The van der Waals surface area contributed by atoms with Crippen molar-refractivity contribution in [1.29, 1.82) is 0 Å². The molecule has 0 aliphatic carbocycles. The van der Waals surface area contributed by atoms with Gasteiger partial charge in [0.1, 0.15) is 11.6 Å². The number of halogens is 1. The number of hydrogen-bond donors (Lipinski definition) is 1. The normalized spacial score (nSPS) is 16.6. The minimum Gasteiger partial charge on any atom is -0.383 e. The predicted octanol–water partition coefficient (Wildman–Crippen LogP) is 2.72. The Morgan fingerprint density at radius 3 is 2.66 bits per heavy atom. The van der Waals surface area contributed by atoms with Crippen LogP contribution in [0.2, 0.25) is 0 Å². The molecular formula is C21H20FN5O2. The number of amides is 1. The maximum Gasteiger partial charge on any atom is 0.255 e. The van der Waals surface area contributed by atoms with Crippen molar-refractivity contribution in [2.45, 2.75) is 12.8 Å². The summed E-state index contributed by atoms with van der Waals surface area (Å²) in [5, 5.41) is 4.19. The van der Waals surface area contributed by atoms with Crippen molar-refractivity contribution in [3.05, 3.63) is 71.9 Å². The van der Waals surface area contributed by atoms with Gasteiger partial charge in [0.15, 0.2) is 5.78 Å². The van der Waals surface area contributed by atoms with Crippen molar-refractivity contribution in [2.75, 3.05) is 18.8 Å². The van der Waals surface area contributed by atoms with E-state index >= 15 is 0 Å². The molecule has 1 aliphatic rings. The minimum atomic E-state index is -0.364. The Balaban J connectivity index is 1.52. The van der Waals surface area contributed by atoms with Crippen molar-refractivity contribution in [2.24, 2.45) is 5.92 Å². The Morgan fingerprint density at radius 1 is 1.14 bits per heavy atom. The first kappa shape index (κ1) is 18.8. The van der Waals surface area contributed by atoms with E-state index < -0.39 is 0 Å². The molecule has 7 nitrogen and oxygen atoms in total. The lowest BCUT2D eigenvalue weighted by molar-refractivity contribution is 0.0637. The molecule has 3 aromatic rings. The zero-order valence-electron chi connectivity index (χ0n) is 15.7. The monoisotopic (exact) mass is 393 g/mol. The summed E-state index contributed by atoms with van der Waals surface area (Å²) >= 11 is 0. The first-order valence-electron chi connectivity index (χ1n) is 9.37. The lowest BCUT2D eigenvalue weighted by atomic mass is 9.90. The van der Waals surface area contributed by atoms with Crippen LogP contribution in [0.1, 0.15) is 33.6 Å². The van der Waals surface area contributed by atoms with E-state index in [1.165, 1.54) is 29.2 Å². The highest BCUT2D eigenvalue weighted by molar-refractivity contribution is 6.02. The number of benzene rings is 1. The number of nitrogens with zero attached hydrogens (tertiary/aromatic N) is 4. The number of Topliss-reactive ketones (excluding diaryl/α,β-unsaturated/α-hetero) is 1. The minimum absolute atomic E-state index is 0.134. The van der Waals surface area contributed by atoms with Crippen LogP contribution in [0.5, 0.6) is 0 Å². The molecule has 0 unspecified atom stereocenters. The van der Waals surface area contributed by atoms with Gasteiger partial charge in [0.25, 0.3) is 5.91 Å². The Hall–Kier alpha value is -3.55. The Labute approximate surface area is 167 Å². The lowest BCUT2D eigenvalue weighted by Gasteiger charge is -2.32. The van der Waals surface area contributed by atoms with Crippen LogP contribution in [-0.4, -0.2) is 44.4 Å². The molecule has 0 bridgehead atoms. The Bertz CT molecular complexity index is 1030. The molecule has 2 aromatic heterocycles. The molecule has 1 atom stereocenters.